The van der Waals surface area contributed by atoms with Gasteiger partial charge < -0.3 is 10.2 Å². The maximum atomic E-state index is 12.5. The highest BCUT2D eigenvalue weighted by Crippen LogP contribution is 2.24. The average molecular weight is 382 g/mol. The molecule has 0 aliphatic carbocycles. The number of thioether (sulfide) groups is 1. The van der Waals surface area contributed by atoms with E-state index in [1.807, 2.05) is 30.5 Å². The van der Waals surface area contributed by atoms with Crippen molar-refractivity contribution in [3.05, 3.63) is 54.1 Å². The number of aromatic amines is 1. The van der Waals surface area contributed by atoms with Gasteiger partial charge in [-0.3, -0.25) is 9.59 Å². The molecule has 0 saturated heterocycles. The second-order valence-corrected chi connectivity index (χ2v) is 6.57. The number of para-hydroxylation sites is 1. The van der Waals surface area contributed by atoms with Crippen molar-refractivity contribution in [2.24, 2.45) is 0 Å². The predicted molar refractivity (Wildman–Crippen MR) is 103 cm³/mol. The summed E-state index contributed by atoms with van der Waals surface area (Å²) in [5.74, 6) is -0.0482. The first kappa shape index (κ1) is 18.6. The molecule has 0 bridgehead atoms. The topological polar surface area (TPSA) is 104 Å². The maximum absolute atomic E-state index is 12.5. The van der Waals surface area contributed by atoms with E-state index in [4.69, 9.17) is 0 Å². The molecule has 1 heterocycles. The van der Waals surface area contributed by atoms with Crippen LogP contribution in [0.4, 0.5) is 5.69 Å². The number of carbonyl (C=O) groups excluding carboxylic acids is 2. The number of hydrogen-bond acceptors (Lipinski definition) is 6. The molecule has 0 atom stereocenters. The van der Waals surface area contributed by atoms with Gasteiger partial charge in [0.15, 0.2) is 0 Å². The van der Waals surface area contributed by atoms with Crippen molar-refractivity contribution in [3.8, 4) is 11.4 Å². The molecular weight excluding hydrogens is 364 g/mol. The summed E-state index contributed by atoms with van der Waals surface area (Å²) in [6, 6.07) is 14.4. The van der Waals surface area contributed by atoms with Crippen LogP contribution in [0, 0.1) is 0 Å². The van der Waals surface area contributed by atoms with E-state index >= 15 is 0 Å². The van der Waals surface area contributed by atoms with E-state index in [0.29, 0.717) is 11.4 Å². The van der Waals surface area contributed by atoms with Crippen molar-refractivity contribution >= 4 is 29.3 Å². The summed E-state index contributed by atoms with van der Waals surface area (Å²) in [6.07, 6.45) is 1.94. The molecular formula is C18H18N6O2S. The van der Waals surface area contributed by atoms with Gasteiger partial charge in [-0.1, -0.05) is 24.3 Å². The second kappa shape index (κ2) is 8.45. The van der Waals surface area contributed by atoms with Gasteiger partial charge >= 0.3 is 0 Å². The van der Waals surface area contributed by atoms with E-state index in [1.54, 1.807) is 43.1 Å². The first-order chi connectivity index (χ1) is 13.1. The molecule has 2 N–H and O–H groups in total. The molecule has 2 aromatic carbocycles. The van der Waals surface area contributed by atoms with Gasteiger partial charge in [0, 0.05) is 23.1 Å². The average Bonchev–Trinajstić information content (AvgIpc) is 3.22. The van der Waals surface area contributed by atoms with Crippen molar-refractivity contribution in [1.29, 1.82) is 0 Å². The molecule has 9 heteroatoms. The van der Waals surface area contributed by atoms with E-state index in [2.05, 4.69) is 25.9 Å². The number of aromatic nitrogens is 4. The van der Waals surface area contributed by atoms with Crippen LogP contribution in [0.15, 0.2) is 53.4 Å². The molecule has 138 valence electrons. The van der Waals surface area contributed by atoms with Crippen LogP contribution in [0.5, 0.6) is 0 Å². The number of rotatable bonds is 6. The Balaban J connectivity index is 1.62. The number of nitrogens with zero attached hydrogens (tertiary/aromatic N) is 4. The fourth-order valence-corrected chi connectivity index (χ4v) is 3.04. The van der Waals surface area contributed by atoms with Crippen molar-refractivity contribution in [2.75, 3.05) is 25.2 Å². The molecule has 0 saturated carbocycles. The summed E-state index contributed by atoms with van der Waals surface area (Å²) in [7, 11) is 1.59. The van der Waals surface area contributed by atoms with E-state index in [1.165, 1.54) is 4.90 Å². The Kier molecular flexibility index (Phi) is 5.82. The number of benzene rings is 2. The van der Waals surface area contributed by atoms with Crippen molar-refractivity contribution in [3.63, 3.8) is 0 Å². The summed E-state index contributed by atoms with van der Waals surface area (Å²) in [6.45, 7) is -0.0475. The van der Waals surface area contributed by atoms with Crippen LogP contribution >= 0.6 is 11.8 Å². The zero-order chi connectivity index (χ0) is 19.2. The van der Waals surface area contributed by atoms with E-state index in [9.17, 15) is 9.59 Å². The Labute approximate surface area is 160 Å². The first-order valence-electron chi connectivity index (χ1n) is 8.10. The van der Waals surface area contributed by atoms with Crippen molar-refractivity contribution in [2.45, 2.75) is 4.90 Å². The minimum Gasteiger partial charge on any atom is -0.332 e. The van der Waals surface area contributed by atoms with Crippen LogP contribution in [-0.2, 0) is 4.79 Å². The number of H-pyrrole nitrogens is 1. The Morgan fingerprint density at radius 1 is 1.15 bits per heavy atom. The fourth-order valence-electron chi connectivity index (χ4n) is 2.49. The van der Waals surface area contributed by atoms with Gasteiger partial charge in [-0.25, -0.2) is 0 Å². The Morgan fingerprint density at radius 3 is 2.56 bits per heavy atom. The van der Waals surface area contributed by atoms with Gasteiger partial charge in [-0.05, 0) is 35.7 Å². The number of anilines is 1. The van der Waals surface area contributed by atoms with Crippen LogP contribution in [0.3, 0.4) is 0 Å². The van der Waals surface area contributed by atoms with E-state index < -0.39 is 0 Å². The van der Waals surface area contributed by atoms with Crippen molar-refractivity contribution in [1.82, 2.24) is 25.5 Å². The lowest BCUT2D eigenvalue weighted by atomic mass is 10.1. The summed E-state index contributed by atoms with van der Waals surface area (Å²) < 4.78 is 0. The molecule has 0 aliphatic rings. The van der Waals surface area contributed by atoms with Gasteiger partial charge in [-0.15, -0.1) is 22.0 Å². The number of tetrazole rings is 1. The molecule has 0 spiro atoms. The van der Waals surface area contributed by atoms with E-state index in [-0.39, 0.29) is 18.4 Å². The summed E-state index contributed by atoms with van der Waals surface area (Å²) in [5.41, 5.74) is 1.96. The summed E-state index contributed by atoms with van der Waals surface area (Å²) in [5, 5.41) is 16.5. The highest BCUT2D eigenvalue weighted by atomic mass is 32.2. The lowest BCUT2D eigenvalue weighted by Crippen LogP contribution is -2.35. The minimum absolute atomic E-state index is 0.0475. The van der Waals surface area contributed by atoms with Gasteiger partial charge in [0.1, 0.15) is 0 Å². The number of amides is 2. The maximum Gasteiger partial charge on any atom is 0.254 e. The molecule has 1 aromatic heterocycles. The third kappa shape index (κ3) is 4.50. The van der Waals surface area contributed by atoms with Gasteiger partial charge in [0.25, 0.3) is 5.91 Å². The molecule has 0 aliphatic heterocycles. The van der Waals surface area contributed by atoms with Crippen LogP contribution in [-0.4, -0.2) is 57.2 Å². The van der Waals surface area contributed by atoms with Crippen LogP contribution in [0.2, 0.25) is 0 Å². The normalized spacial score (nSPS) is 10.4. The quantitative estimate of drug-likeness (QED) is 0.634. The smallest absolute Gasteiger partial charge is 0.254 e. The Hall–Kier alpha value is -3.20. The standard InChI is InChI=1S/C18H18N6O2S/c1-24(11-16(25)19-14-5-3-4-6-15(14)27-2)18(26)13-9-7-12(8-10-13)17-20-22-23-21-17/h3-10H,11H2,1-2H3,(H,19,25)(H,20,21,22,23). The van der Waals surface area contributed by atoms with Crippen molar-refractivity contribution < 1.29 is 9.59 Å². The fraction of sp³-hybridized carbons (Fsp3) is 0.167. The molecule has 27 heavy (non-hydrogen) atoms. The number of likely N-dealkylation sites (N-methyl/N-ethyl adjacent to an activating group) is 1. The highest BCUT2D eigenvalue weighted by Gasteiger charge is 2.16. The van der Waals surface area contributed by atoms with Gasteiger partial charge in [-0.2, -0.15) is 5.21 Å². The monoisotopic (exact) mass is 382 g/mol. The van der Waals surface area contributed by atoms with Crippen LogP contribution in [0.1, 0.15) is 10.4 Å². The summed E-state index contributed by atoms with van der Waals surface area (Å²) in [4.78, 5) is 27.2. The predicted octanol–water partition coefficient (Wildman–Crippen LogP) is 2.30. The molecule has 0 fully saturated rings. The molecule has 8 nitrogen and oxygen atoms in total. The third-order valence-corrected chi connectivity index (χ3v) is 4.64. The summed E-state index contributed by atoms with van der Waals surface area (Å²) >= 11 is 1.55. The third-order valence-electron chi connectivity index (χ3n) is 3.84. The first-order valence-corrected chi connectivity index (χ1v) is 9.33. The second-order valence-electron chi connectivity index (χ2n) is 5.72. The molecule has 3 aromatic rings. The van der Waals surface area contributed by atoms with Gasteiger partial charge in [0.2, 0.25) is 11.7 Å². The largest absolute Gasteiger partial charge is 0.332 e. The number of hydrogen-bond donors (Lipinski definition) is 2. The van der Waals surface area contributed by atoms with Gasteiger partial charge in [0.05, 0.1) is 12.2 Å². The van der Waals surface area contributed by atoms with Crippen LogP contribution < -0.4 is 5.32 Å². The number of nitrogens with one attached hydrogen (secondary N) is 2. The highest BCUT2D eigenvalue weighted by molar-refractivity contribution is 7.98. The lowest BCUT2D eigenvalue weighted by Gasteiger charge is -2.17. The Bertz CT molecular complexity index is 927. The van der Waals surface area contributed by atoms with E-state index in [0.717, 1.165) is 16.1 Å². The molecule has 2 amide bonds. The zero-order valence-corrected chi connectivity index (χ0v) is 15.7. The molecule has 0 radical (unpaired) electrons. The van der Waals surface area contributed by atoms with Crippen LogP contribution in [0.25, 0.3) is 11.4 Å². The Morgan fingerprint density at radius 2 is 1.89 bits per heavy atom. The zero-order valence-electron chi connectivity index (χ0n) is 14.8. The SMILES string of the molecule is CSc1ccccc1NC(=O)CN(C)C(=O)c1ccc(-c2nn[nH]n2)cc1. The molecule has 0 unspecified atom stereocenters. The molecule has 3 rings (SSSR count). The lowest BCUT2D eigenvalue weighted by molar-refractivity contribution is -0.116. The minimum atomic E-state index is -0.254. The number of carbonyl (C=O) groups is 2.